The van der Waals surface area contributed by atoms with Crippen LogP contribution >= 0.6 is 0 Å². The molecule has 2 aliphatic rings. The van der Waals surface area contributed by atoms with E-state index < -0.39 is 16.2 Å². The number of hydrogen-bond donors (Lipinski definition) is 0. The van der Waals surface area contributed by atoms with Crippen LogP contribution in [0.4, 0.5) is 15.9 Å². The van der Waals surface area contributed by atoms with Crippen molar-refractivity contribution >= 4 is 28.0 Å². The van der Waals surface area contributed by atoms with Gasteiger partial charge in [-0.3, -0.25) is 9.10 Å². The van der Waals surface area contributed by atoms with Gasteiger partial charge in [-0.2, -0.15) is 17.1 Å². The normalized spacial score (nSPS) is 20.9. The van der Waals surface area contributed by atoms with Gasteiger partial charge in [0.2, 0.25) is 5.95 Å². The molecule has 2 aliphatic heterocycles. The number of aldehydes is 1. The average Bonchev–Trinajstić information content (AvgIpc) is 3.00. The monoisotopic (exact) mass is 372 g/mol. The summed E-state index contributed by atoms with van der Waals surface area (Å²) in [4.78, 5) is 17.3. The van der Waals surface area contributed by atoms with E-state index in [0.29, 0.717) is 43.8 Å². The lowest BCUT2D eigenvalue weighted by molar-refractivity contribution is 0.0983. The van der Waals surface area contributed by atoms with Crippen molar-refractivity contribution in [2.24, 2.45) is 0 Å². The minimum absolute atomic E-state index is 0.0219. The number of carbonyl (C=O) groups excluding carboxylic acids is 1. The van der Waals surface area contributed by atoms with Crippen molar-refractivity contribution in [3.63, 3.8) is 0 Å². The first kappa shape index (κ1) is 18.0. The quantitative estimate of drug-likeness (QED) is 0.563. The number of anilines is 2. The molecule has 138 valence electrons. The van der Waals surface area contributed by atoms with E-state index in [1.165, 1.54) is 14.1 Å². The van der Waals surface area contributed by atoms with Gasteiger partial charge < -0.3 is 9.64 Å². The van der Waals surface area contributed by atoms with Crippen LogP contribution in [0.2, 0.25) is 0 Å². The molecule has 1 fully saturated rings. The van der Waals surface area contributed by atoms with E-state index in [9.17, 15) is 17.6 Å². The molecule has 1 aromatic rings. The van der Waals surface area contributed by atoms with Gasteiger partial charge in [0.1, 0.15) is 5.82 Å². The molecule has 0 aromatic carbocycles. The number of pyridine rings is 1. The van der Waals surface area contributed by atoms with Crippen molar-refractivity contribution in [2.45, 2.75) is 19.4 Å². The maximum absolute atomic E-state index is 14.5. The topological polar surface area (TPSA) is 83.0 Å². The zero-order valence-corrected chi connectivity index (χ0v) is 15.2. The smallest absolute Gasteiger partial charge is 0.303 e. The molecular weight excluding hydrogens is 351 g/mol. The Bertz CT molecular complexity index is 799. The first-order valence-corrected chi connectivity index (χ1v) is 9.40. The van der Waals surface area contributed by atoms with Gasteiger partial charge in [0.25, 0.3) is 0 Å². The number of carbonyl (C=O) groups is 1. The first-order valence-electron chi connectivity index (χ1n) is 8.01. The largest absolute Gasteiger partial charge is 0.377 e. The van der Waals surface area contributed by atoms with E-state index in [1.54, 1.807) is 0 Å². The van der Waals surface area contributed by atoms with Gasteiger partial charge in [0.15, 0.2) is 6.29 Å². The van der Waals surface area contributed by atoms with Crippen LogP contribution in [0.3, 0.4) is 0 Å². The highest BCUT2D eigenvalue weighted by atomic mass is 32.2. The van der Waals surface area contributed by atoms with Crippen molar-refractivity contribution in [2.75, 3.05) is 49.6 Å². The number of morpholine rings is 1. The second-order valence-corrected chi connectivity index (χ2v) is 8.38. The molecule has 0 spiro atoms. The summed E-state index contributed by atoms with van der Waals surface area (Å²) in [6.45, 7) is 3.57. The molecule has 8 nitrogen and oxygen atoms in total. The molecular formula is C15H21FN4O4S. The summed E-state index contributed by atoms with van der Waals surface area (Å²) < 4.78 is 47.2. The molecule has 0 radical (unpaired) electrons. The lowest BCUT2D eigenvalue weighted by atomic mass is 10.1. The van der Waals surface area contributed by atoms with E-state index in [4.69, 9.17) is 4.74 Å². The molecule has 1 atom stereocenters. The van der Waals surface area contributed by atoms with E-state index >= 15 is 0 Å². The van der Waals surface area contributed by atoms with Crippen molar-refractivity contribution in [3.05, 3.63) is 17.1 Å². The van der Waals surface area contributed by atoms with Gasteiger partial charge >= 0.3 is 10.2 Å². The molecule has 0 saturated carbocycles. The van der Waals surface area contributed by atoms with E-state index in [-0.39, 0.29) is 23.8 Å². The summed E-state index contributed by atoms with van der Waals surface area (Å²) in [5.41, 5.74) is 0.371. The van der Waals surface area contributed by atoms with Crippen molar-refractivity contribution in [1.82, 2.24) is 9.29 Å². The lowest BCUT2D eigenvalue weighted by Gasteiger charge is -2.35. The van der Waals surface area contributed by atoms with E-state index in [0.717, 1.165) is 8.61 Å². The van der Waals surface area contributed by atoms with Crippen LogP contribution in [0, 0.1) is 5.95 Å². The molecule has 10 heteroatoms. The van der Waals surface area contributed by atoms with Crippen LogP contribution in [0.25, 0.3) is 0 Å². The maximum atomic E-state index is 14.5. The second kappa shape index (κ2) is 6.50. The van der Waals surface area contributed by atoms with Crippen LogP contribution in [0.15, 0.2) is 0 Å². The third-order valence-corrected chi connectivity index (χ3v) is 6.39. The fraction of sp³-hybridized carbons (Fsp3) is 0.600. The van der Waals surface area contributed by atoms with Gasteiger partial charge in [-0.15, -0.1) is 0 Å². The maximum Gasteiger partial charge on any atom is 0.303 e. The first-order chi connectivity index (χ1) is 11.8. The van der Waals surface area contributed by atoms with Crippen LogP contribution in [0.5, 0.6) is 0 Å². The summed E-state index contributed by atoms with van der Waals surface area (Å²) in [5, 5.41) is 0. The Labute approximate surface area is 146 Å². The van der Waals surface area contributed by atoms with Gasteiger partial charge in [-0.25, -0.2) is 4.98 Å². The molecule has 1 saturated heterocycles. The number of halogens is 1. The van der Waals surface area contributed by atoms with Crippen molar-refractivity contribution in [1.29, 1.82) is 0 Å². The van der Waals surface area contributed by atoms with Crippen LogP contribution in [-0.4, -0.2) is 70.4 Å². The van der Waals surface area contributed by atoms with Crippen molar-refractivity contribution < 1.29 is 22.3 Å². The van der Waals surface area contributed by atoms with Gasteiger partial charge in [-0.1, -0.05) is 0 Å². The molecule has 25 heavy (non-hydrogen) atoms. The highest BCUT2D eigenvalue weighted by molar-refractivity contribution is 7.90. The summed E-state index contributed by atoms with van der Waals surface area (Å²) in [5.74, 6) is -0.561. The Morgan fingerprint density at radius 2 is 2.08 bits per heavy atom. The number of nitrogens with zero attached hydrogens (tertiary/aromatic N) is 4. The van der Waals surface area contributed by atoms with Gasteiger partial charge in [0, 0.05) is 32.7 Å². The Morgan fingerprint density at radius 3 is 2.68 bits per heavy atom. The molecule has 0 amide bonds. The zero-order valence-electron chi connectivity index (χ0n) is 14.4. The predicted octanol–water partition coefficient (Wildman–Crippen LogP) is 0.427. The third kappa shape index (κ3) is 2.87. The van der Waals surface area contributed by atoms with Crippen LogP contribution in [-0.2, 0) is 21.4 Å². The van der Waals surface area contributed by atoms with Crippen LogP contribution in [0.1, 0.15) is 22.8 Å². The molecule has 0 unspecified atom stereocenters. The highest BCUT2D eigenvalue weighted by Gasteiger charge is 2.38. The fourth-order valence-electron chi connectivity index (χ4n) is 3.24. The van der Waals surface area contributed by atoms with E-state index in [2.05, 4.69) is 4.98 Å². The molecule has 3 heterocycles. The summed E-state index contributed by atoms with van der Waals surface area (Å²) in [6, 6.07) is -0.0219. The number of fused-ring (bicyclic) bond motifs is 1. The molecule has 0 N–H and O–H groups in total. The Hall–Kier alpha value is -1.78. The summed E-state index contributed by atoms with van der Waals surface area (Å²) in [6.07, 6.45) is 0.702. The second-order valence-electron chi connectivity index (χ2n) is 6.31. The summed E-state index contributed by atoms with van der Waals surface area (Å²) in [7, 11) is -1.03. The fourth-order valence-corrected chi connectivity index (χ4v) is 4.39. The summed E-state index contributed by atoms with van der Waals surface area (Å²) >= 11 is 0. The minimum Gasteiger partial charge on any atom is -0.377 e. The average molecular weight is 372 g/mol. The highest BCUT2D eigenvalue weighted by Crippen LogP contribution is 2.40. The molecule has 1 aromatic heterocycles. The third-order valence-electron chi connectivity index (χ3n) is 4.55. The van der Waals surface area contributed by atoms with Crippen molar-refractivity contribution in [3.8, 4) is 0 Å². The van der Waals surface area contributed by atoms with Gasteiger partial charge in [-0.05, 0) is 13.3 Å². The predicted molar refractivity (Wildman–Crippen MR) is 90.9 cm³/mol. The molecule has 0 bridgehead atoms. The number of hydrogen-bond acceptors (Lipinski definition) is 6. The molecule has 3 rings (SSSR count). The minimum atomic E-state index is -3.83. The van der Waals surface area contributed by atoms with Gasteiger partial charge in [0.05, 0.1) is 30.5 Å². The SMILES string of the molecule is C[C@@H]1COCCN1c1nc(F)c(C=O)c2c1CCN2S(=O)(=O)N(C)C. The Balaban J connectivity index is 2.19. The lowest BCUT2D eigenvalue weighted by Crippen LogP contribution is -2.44. The number of aromatic nitrogens is 1. The Kier molecular flexibility index (Phi) is 4.69. The number of rotatable bonds is 4. The zero-order chi connectivity index (χ0) is 18.4. The standard InChI is InChI=1S/C15H21FN4O4S/c1-10-9-24-7-6-19(10)15-11-4-5-20(25(22,23)18(2)3)13(11)12(8-21)14(16)17-15/h8,10H,4-7,9H2,1-3H3/t10-/m1/s1. The Morgan fingerprint density at radius 1 is 1.36 bits per heavy atom. The van der Waals surface area contributed by atoms with E-state index in [1.807, 2.05) is 11.8 Å². The van der Waals surface area contributed by atoms with Crippen LogP contribution < -0.4 is 9.21 Å². The molecule has 0 aliphatic carbocycles. The number of ether oxygens (including phenoxy) is 1.